The van der Waals surface area contributed by atoms with E-state index in [0.717, 1.165) is 104 Å². The summed E-state index contributed by atoms with van der Waals surface area (Å²) in [5, 5.41) is 12.3. The van der Waals surface area contributed by atoms with Gasteiger partial charge in [0.1, 0.15) is 29.5 Å². The number of aldehydes is 1. The van der Waals surface area contributed by atoms with Crippen molar-refractivity contribution in [3.05, 3.63) is 168 Å². The predicted octanol–water partition coefficient (Wildman–Crippen LogP) is 14.5. The van der Waals surface area contributed by atoms with Gasteiger partial charge in [0.15, 0.2) is 0 Å². The second-order valence-electron chi connectivity index (χ2n) is 19.9. The summed E-state index contributed by atoms with van der Waals surface area (Å²) >= 11 is 0. The number of ketones is 2. The Morgan fingerprint density at radius 3 is 1.56 bits per heavy atom. The van der Waals surface area contributed by atoms with E-state index in [4.69, 9.17) is 18.8 Å². The Balaban J connectivity index is 0.000000184. The summed E-state index contributed by atoms with van der Waals surface area (Å²) in [6.07, 6.45) is 12.5. The third kappa shape index (κ3) is 15.5. The molecule has 2 heterocycles. The topological polar surface area (TPSA) is 116 Å². The number of nitrogens with zero attached hydrogens (tertiary/aromatic N) is 2. The molecule has 364 valence electrons. The highest BCUT2D eigenvalue weighted by molar-refractivity contribution is 6.70. The molecule has 8 nitrogen and oxygen atoms in total. The van der Waals surface area contributed by atoms with E-state index < -0.39 is 22.7 Å². The van der Waals surface area contributed by atoms with Crippen molar-refractivity contribution < 1.29 is 37.1 Å². The zero-order valence-corrected chi connectivity index (χ0v) is 43.5. The molecule has 2 aliphatic carbocycles. The molecule has 12 heteroatoms. The summed E-state index contributed by atoms with van der Waals surface area (Å²) < 4.78 is 38.5. The van der Waals surface area contributed by atoms with Crippen molar-refractivity contribution in [2.45, 2.75) is 110 Å². The Morgan fingerprint density at radius 2 is 1.14 bits per heavy atom. The number of rotatable bonds is 17. The number of aliphatic hydroxyl groups is 1. The molecule has 2 saturated carbocycles. The molecule has 1 N–H and O–H groups in total. The van der Waals surface area contributed by atoms with Crippen LogP contribution in [0.2, 0.25) is 39.3 Å². The van der Waals surface area contributed by atoms with Crippen LogP contribution in [0, 0.1) is 11.6 Å². The number of para-hydroxylation sites is 2. The number of hydrogen-bond acceptors (Lipinski definition) is 8. The molecule has 8 rings (SSSR count). The largest absolute Gasteiger partial charge is 0.547 e. The smallest absolute Gasteiger partial charge is 0.242 e. The first-order valence-electron chi connectivity index (χ1n) is 23.8. The van der Waals surface area contributed by atoms with Crippen molar-refractivity contribution in [2.75, 3.05) is 0 Å². The number of halogens is 2. The molecule has 4 aromatic carbocycles. The number of aromatic nitrogens is 2. The molecule has 0 aliphatic heterocycles. The molecule has 0 unspecified atom stereocenters. The Bertz CT molecular complexity index is 2940. The minimum atomic E-state index is -1.53. The lowest BCUT2D eigenvalue weighted by molar-refractivity contribution is -0.126. The maximum absolute atomic E-state index is 13.6. The molecular formula is C58H64F2N2O6Si2. The highest BCUT2D eigenvalue weighted by Gasteiger charge is 2.31. The summed E-state index contributed by atoms with van der Waals surface area (Å²) in [5.41, 5.74) is 9.39. The van der Waals surface area contributed by atoms with Gasteiger partial charge in [-0.2, -0.15) is 0 Å². The van der Waals surface area contributed by atoms with E-state index in [2.05, 4.69) is 45.9 Å². The Kier molecular flexibility index (Phi) is 17.7. The average Bonchev–Trinajstić information content (AvgIpc) is 4.22. The summed E-state index contributed by atoms with van der Waals surface area (Å²) in [6.45, 7) is 20.1. The van der Waals surface area contributed by atoms with Crippen LogP contribution in [-0.2, 0) is 23.2 Å². The lowest BCUT2D eigenvalue weighted by Gasteiger charge is -2.22. The SMILES string of the molecule is C=C(/C=C(/C)O[Si](C)(C)C)O[Si](C)(C)C.CC(=O)CC(=O)C[C@H](O)/C=C/c1c(C2CC2)nc2ccccc2c1-c1ccc(F)cc1.O=C/C=C/c1c(C2CC2)nc2ccccc2c1-c1ccc(F)cc1. The summed E-state index contributed by atoms with van der Waals surface area (Å²) in [7, 11) is -3.03. The van der Waals surface area contributed by atoms with Gasteiger partial charge in [-0.25, -0.2) is 8.78 Å². The third-order valence-electron chi connectivity index (χ3n) is 11.1. The molecule has 2 fully saturated rings. The van der Waals surface area contributed by atoms with Gasteiger partial charge >= 0.3 is 0 Å². The van der Waals surface area contributed by atoms with Gasteiger partial charge in [-0.3, -0.25) is 24.4 Å². The standard InChI is InChI=1S/C26H24FNO3.C21H16FNO.C11H24O2Si2/c1-16(29)14-21(31)15-20(30)12-13-23-25(17-8-10-19(27)11-9-17)22-4-2-3-5-24(22)28-26(23)18-6-7-18;22-16-11-9-14(10-12-16)20-17-4-1-2-6-19(17)23-21(15-7-8-15)18(20)5-3-13-24;1-10(12-14(3,4)5)9-11(2)13-15(6,7)8/h2-5,8-13,18,20,30H,6-7,14-15H2,1H3;1-6,9-13,15H,7-8H2;9H,1H2,2-8H3/b13-12+;5-3+;11-9-/t20-;;/m1../s1. The van der Waals surface area contributed by atoms with Crippen molar-refractivity contribution in [2.24, 2.45) is 0 Å². The summed E-state index contributed by atoms with van der Waals surface area (Å²) in [5.74, 6) is 1.34. The Morgan fingerprint density at radius 1 is 0.700 bits per heavy atom. The molecule has 2 aromatic heterocycles. The fraction of sp³-hybridized carbons (Fsp3) is 0.293. The fourth-order valence-electron chi connectivity index (χ4n) is 8.18. The molecule has 70 heavy (non-hydrogen) atoms. The number of allylic oxidation sites excluding steroid dienone is 3. The second-order valence-corrected chi connectivity index (χ2v) is 28.7. The van der Waals surface area contributed by atoms with E-state index in [-0.39, 0.29) is 36.0 Å². The first-order valence-corrected chi connectivity index (χ1v) is 30.6. The van der Waals surface area contributed by atoms with Crippen LogP contribution in [0.25, 0.3) is 56.2 Å². The van der Waals surface area contributed by atoms with Gasteiger partial charge in [0.2, 0.25) is 16.6 Å². The molecule has 0 amide bonds. The van der Waals surface area contributed by atoms with Gasteiger partial charge in [-0.05, 0) is 138 Å². The second kappa shape index (κ2) is 23.4. The predicted molar refractivity (Wildman–Crippen MR) is 285 cm³/mol. The number of benzene rings is 4. The summed E-state index contributed by atoms with van der Waals surface area (Å²) in [6, 6.07) is 28.7. The number of Topliss-reactive ketones (excluding diaryl/α,β-unsaturated/α-hetero) is 2. The number of carbonyl (C=O) groups is 3. The van der Waals surface area contributed by atoms with Crippen molar-refractivity contribution in [3.63, 3.8) is 0 Å². The van der Waals surface area contributed by atoms with E-state index >= 15 is 0 Å². The van der Waals surface area contributed by atoms with E-state index in [1.165, 1.54) is 37.3 Å². The van der Waals surface area contributed by atoms with Gasteiger partial charge in [0, 0.05) is 57.4 Å². The zero-order valence-electron chi connectivity index (χ0n) is 41.5. The Labute approximate surface area is 413 Å². The van der Waals surface area contributed by atoms with Gasteiger partial charge in [0.05, 0.1) is 46.5 Å². The van der Waals surface area contributed by atoms with E-state index in [9.17, 15) is 28.3 Å². The Hall–Kier alpha value is -6.48. The quantitative estimate of drug-likeness (QED) is 0.0240. The highest BCUT2D eigenvalue weighted by atomic mass is 28.4. The normalized spacial score (nSPS) is 14.4. The van der Waals surface area contributed by atoms with Crippen molar-refractivity contribution in [1.82, 2.24) is 9.97 Å². The maximum atomic E-state index is 13.6. The van der Waals surface area contributed by atoms with Gasteiger partial charge in [0.25, 0.3) is 0 Å². The van der Waals surface area contributed by atoms with Crippen LogP contribution in [-0.4, -0.2) is 55.7 Å². The molecule has 0 saturated heterocycles. The number of pyridine rings is 2. The summed E-state index contributed by atoms with van der Waals surface area (Å²) in [4.78, 5) is 43.7. The van der Waals surface area contributed by atoms with Crippen LogP contribution in [0.4, 0.5) is 8.78 Å². The van der Waals surface area contributed by atoms with E-state index in [1.807, 2.05) is 73.7 Å². The van der Waals surface area contributed by atoms with Crippen LogP contribution in [0.3, 0.4) is 0 Å². The molecule has 0 spiro atoms. The third-order valence-corrected chi connectivity index (χ3v) is 12.9. The molecular weight excluding hydrogens is 915 g/mol. The highest BCUT2D eigenvalue weighted by Crippen LogP contribution is 2.47. The van der Waals surface area contributed by atoms with Gasteiger partial charge in [-0.1, -0.05) is 79.4 Å². The molecule has 0 bridgehead atoms. The van der Waals surface area contributed by atoms with Crippen molar-refractivity contribution in [1.29, 1.82) is 0 Å². The van der Waals surface area contributed by atoms with Crippen LogP contribution < -0.4 is 0 Å². The van der Waals surface area contributed by atoms with Gasteiger partial charge < -0.3 is 14.0 Å². The number of aliphatic hydroxyl groups excluding tert-OH is 1. The first-order chi connectivity index (χ1) is 33.2. The van der Waals surface area contributed by atoms with Gasteiger partial charge in [-0.15, -0.1) is 0 Å². The van der Waals surface area contributed by atoms with Crippen LogP contribution >= 0.6 is 0 Å². The zero-order chi connectivity index (χ0) is 50.8. The number of hydrogen-bond donors (Lipinski definition) is 1. The monoisotopic (exact) mass is 978 g/mol. The number of fused-ring (bicyclic) bond motifs is 2. The molecule has 0 radical (unpaired) electrons. The fourth-order valence-corrected chi connectivity index (χ4v) is 10.0. The average molecular weight is 979 g/mol. The molecule has 2 aliphatic rings. The lowest BCUT2D eigenvalue weighted by atomic mass is 9.92. The maximum Gasteiger partial charge on any atom is 0.242 e. The van der Waals surface area contributed by atoms with Crippen LogP contribution in [0.1, 0.15) is 86.7 Å². The number of carbonyl (C=O) groups excluding carboxylic acids is 3. The molecule has 1 atom stereocenters. The first kappa shape index (κ1) is 52.9. The van der Waals surface area contributed by atoms with Crippen molar-refractivity contribution >= 4 is 68.4 Å². The lowest BCUT2D eigenvalue weighted by Crippen LogP contribution is -2.25. The van der Waals surface area contributed by atoms with Crippen LogP contribution in [0.5, 0.6) is 0 Å². The minimum absolute atomic E-state index is 0.109. The van der Waals surface area contributed by atoms with E-state index in [0.29, 0.717) is 17.6 Å². The molecule has 6 aromatic rings. The minimum Gasteiger partial charge on any atom is -0.547 e. The van der Waals surface area contributed by atoms with Crippen LogP contribution in [0.15, 0.2) is 133 Å². The van der Waals surface area contributed by atoms with E-state index in [1.54, 1.807) is 30.3 Å². The van der Waals surface area contributed by atoms with Crippen molar-refractivity contribution in [3.8, 4) is 22.3 Å².